The Morgan fingerprint density at radius 3 is 2.77 bits per heavy atom. The van der Waals surface area contributed by atoms with Crippen LogP contribution in [0.2, 0.25) is 0 Å². The second-order valence-electron chi connectivity index (χ2n) is 2.18. The number of methoxy groups -OCH3 is 1. The summed E-state index contributed by atoms with van der Waals surface area (Å²) < 4.78 is 5.09. The third-order valence-corrected chi connectivity index (χ3v) is 2.69. The van der Waals surface area contributed by atoms with Gasteiger partial charge in [0.2, 0.25) is 0 Å². The van der Waals surface area contributed by atoms with Gasteiger partial charge in [-0.1, -0.05) is 0 Å². The summed E-state index contributed by atoms with van der Waals surface area (Å²) in [4.78, 5) is 15.3. The first kappa shape index (κ1) is 10.5. The van der Waals surface area contributed by atoms with Crippen LogP contribution in [0.4, 0.5) is 0 Å². The molecule has 1 aromatic rings. The number of thioether (sulfide) groups is 1. The minimum absolute atomic E-state index is 0.382. The van der Waals surface area contributed by atoms with E-state index in [0.717, 1.165) is 5.03 Å². The van der Waals surface area contributed by atoms with Gasteiger partial charge < -0.3 is 4.74 Å². The zero-order valence-corrected chi connectivity index (χ0v) is 9.61. The van der Waals surface area contributed by atoms with Crippen LogP contribution >= 0.6 is 27.7 Å². The Hall–Kier alpha value is -0.550. The number of nitrogens with zero attached hydrogens (tertiary/aromatic N) is 1. The molecular formula is C8H8BrNO2S. The lowest BCUT2D eigenvalue weighted by Crippen LogP contribution is -2.03. The molecule has 3 nitrogen and oxygen atoms in total. The number of carbonyl (C=O) groups is 1. The van der Waals surface area contributed by atoms with Gasteiger partial charge in [-0.2, -0.15) is 0 Å². The molecule has 0 fully saturated rings. The van der Waals surface area contributed by atoms with E-state index < -0.39 is 0 Å². The number of hydrogen-bond acceptors (Lipinski definition) is 4. The monoisotopic (exact) mass is 261 g/mol. The molecule has 0 bridgehead atoms. The van der Waals surface area contributed by atoms with Crippen molar-refractivity contribution < 1.29 is 9.53 Å². The van der Waals surface area contributed by atoms with Crippen LogP contribution in [-0.2, 0) is 4.74 Å². The average molecular weight is 262 g/mol. The molecule has 0 spiro atoms. The third kappa shape index (κ3) is 2.45. The summed E-state index contributed by atoms with van der Waals surface area (Å²) in [6.45, 7) is 0. The van der Waals surface area contributed by atoms with E-state index in [-0.39, 0.29) is 5.97 Å². The molecular weight excluding hydrogens is 254 g/mol. The van der Waals surface area contributed by atoms with E-state index in [9.17, 15) is 4.79 Å². The summed E-state index contributed by atoms with van der Waals surface area (Å²) in [5.41, 5.74) is 0.445. The predicted molar refractivity (Wildman–Crippen MR) is 55.1 cm³/mol. The van der Waals surface area contributed by atoms with Crippen LogP contribution < -0.4 is 0 Å². The molecule has 0 radical (unpaired) electrons. The van der Waals surface area contributed by atoms with Gasteiger partial charge in [-0.15, -0.1) is 11.8 Å². The molecule has 0 aliphatic carbocycles. The summed E-state index contributed by atoms with van der Waals surface area (Å²) in [7, 11) is 1.34. The molecule has 0 N–H and O–H groups in total. The van der Waals surface area contributed by atoms with Crippen LogP contribution in [0.25, 0.3) is 0 Å². The maximum absolute atomic E-state index is 11.1. The SMILES string of the molecule is COC(=O)c1ccc(SC)nc1Br. The van der Waals surface area contributed by atoms with Crippen molar-refractivity contribution in [2.45, 2.75) is 5.03 Å². The first-order chi connectivity index (χ1) is 6.19. The number of halogens is 1. The highest BCUT2D eigenvalue weighted by molar-refractivity contribution is 9.10. The normalized spacial score (nSPS) is 9.77. The standard InChI is InChI=1S/C8H8BrNO2S/c1-12-8(11)5-3-4-6(13-2)10-7(5)9/h3-4H,1-2H3. The third-order valence-electron chi connectivity index (χ3n) is 1.44. The maximum atomic E-state index is 11.1. The second kappa shape index (κ2) is 4.62. The van der Waals surface area contributed by atoms with E-state index in [0.29, 0.717) is 10.2 Å². The number of aromatic nitrogens is 1. The van der Waals surface area contributed by atoms with E-state index in [2.05, 4.69) is 25.7 Å². The molecule has 0 atom stereocenters. The molecule has 0 amide bonds. The highest BCUT2D eigenvalue weighted by atomic mass is 79.9. The minimum atomic E-state index is -0.382. The van der Waals surface area contributed by atoms with E-state index in [1.807, 2.05) is 6.26 Å². The minimum Gasteiger partial charge on any atom is -0.465 e. The number of esters is 1. The molecule has 1 aromatic heterocycles. The highest BCUT2D eigenvalue weighted by Gasteiger charge is 2.11. The first-order valence-corrected chi connectivity index (χ1v) is 5.49. The maximum Gasteiger partial charge on any atom is 0.340 e. The fourth-order valence-electron chi connectivity index (χ4n) is 0.794. The Balaban J connectivity index is 3.05. The van der Waals surface area contributed by atoms with Crippen molar-refractivity contribution in [1.29, 1.82) is 0 Å². The number of pyridine rings is 1. The molecule has 0 unspecified atom stereocenters. The number of carbonyl (C=O) groups excluding carboxylic acids is 1. The van der Waals surface area contributed by atoms with Gasteiger partial charge in [0.25, 0.3) is 0 Å². The highest BCUT2D eigenvalue weighted by Crippen LogP contribution is 2.19. The van der Waals surface area contributed by atoms with Gasteiger partial charge >= 0.3 is 5.97 Å². The summed E-state index contributed by atoms with van der Waals surface area (Å²) in [5, 5.41) is 0.861. The van der Waals surface area contributed by atoms with Crippen molar-refractivity contribution in [3.63, 3.8) is 0 Å². The molecule has 0 aromatic carbocycles. The summed E-state index contributed by atoms with van der Waals surface area (Å²) >= 11 is 4.72. The number of hydrogen-bond donors (Lipinski definition) is 0. The van der Waals surface area contributed by atoms with Crippen LogP contribution in [0.1, 0.15) is 10.4 Å². The van der Waals surface area contributed by atoms with Crippen molar-refractivity contribution in [3.05, 3.63) is 22.3 Å². The van der Waals surface area contributed by atoms with Gasteiger partial charge in [0.1, 0.15) is 4.60 Å². The lowest BCUT2D eigenvalue weighted by Gasteiger charge is -2.02. The Morgan fingerprint density at radius 2 is 2.31 bits per heavy atom. The van der Waals surface area contributed by atoms with Gasteiger partial charge in [0.05, 0.1) is 17.7 Å². The van der Waals surface area contributed by atoms with E-state index >= 15 is 0 Å². The molecule has 1 heterocycles. The lowest BCUT2D eigenvalue weighted by molar-refractivity contribution is 0.0599. The largest absolute Gasteiger partial charge is 0.465 e. The Morgan fingerprint density at radius 1 is 1.62 bits per heavy atom. The van der Waals surface area contributed by atoms with Gasteiger partial charge in [0, 0.05) is 0 Å². The summed E-state index contributed by atoms with van der Waals surface area (Å²) in [6.07, 6.45) is 1.92. The van der Waals surface area contributed by atoms with E-state index in [1.54, 1.807) is 12.1 Å². The Bertz CT molecular complexity index is 330. The van der Waals surface area contributed by atoms with Gasteiger partial charge in [0.15, 0.2) is 0 Å². The van der Waals surface area contributed by atoms with Crippen LogP contribution in [0.15, 0.2) is 21.8 Å². The van der Waals surface area contributed by atoms with Crippen LogP contribution in [0.5, 0.6) is 0 Å². The topological polar surface area (TPSA) is 39.2 Å². The van der Waals surface area contributed by atoms with Crippen molar-refractivity contribution >= 4 is 33.7 Å². The fraction of sp³-hybridized carbons (Fsp3) is 0.250. The van der Waals surface area contributed by atoms with Crippen molar-refractivity contribution in [1.82, 2.24) is 4.98 Å². The van der Waals surface area contributed by atoms with Crippen LogP contribution in [-0.4, -0.2) is 24.3 Å². The predicted octanol–water partition coefficient (Wildman–Crippen LogP) is 2.35. The molecule has 13 heavy (non-hydrogen) atoms. The molecule has 0 saturated carbocycles. The van der Waals surface area contributed by atoms with E-state index in [1.165, 1.54) is 18.9 Å². The second-order valence-corrected chi connectivity index (χ2v) is 3.76. The number of ether oxygens (including phenoxy) is 1. The van der Waals surface area contributed by atoms with Gasteiger partial charge in [-0.25, -0.2) is 9.78 Å². The molecule has 1 rings (SSSR count). The average Bonchev–Trinajstić information content (AvgIpc) is 2.16. The quantitative estimate of drug-likeness (QED) is 0.466. The lowest BCUT2D eigenvalue weighted by atomic mass is 10.3. The van der Waals surface area contributed by atoms with Gasteiger partial charge in [-0.3, -0.25) is 0 Å². The van der Waals surface area contributed by atoms with Crippen molar-refractivity contribution in [3.8, 4) is 0 Å². The molecule has 70 valence electrons. The smallest absolute Gasteiger partial charge is 0.340 e. The van der Waals surface area contributed by atoms with Crippen LogP contribution in [0, 0.1) is 0 Å². The van der Waals surface area contributed by atoms with Crippen molar-refractivity contribution in [2.24, 2.45) is 0 Å². The molecule has 0 aliphatic heterocycles. The Labute approximate surface area is 89.0 Å². The summed E-state index contributed by atoms with van der Waals surface area (Å²) in [6, 6.07) is 3.47. The zero-order valence-electron chi connectivity index (χ0n) is 7.20. The molecule has 0 saturated heterocycles. The van der Waals surface area contributed by atoms with Gasteiger partial charge in [-0.05, 0) is 34.3 Å². The van der Waals surface area contributed by atoms with Crippen LogP contribution in [0.3, 0.4) is 0 Å². The number of rotatable bonds is 2. The molecule has 5 heteroatoms. The fourth-order valence-corrected chi connectivity index (χ4v) is 1.78. The first-order valence-electron chi connectivity index (χ1n) is 3.48. The van der Waals surface area contributed by atoms with E-state index in [4.69, 9.17) is 0 Å². The molecule has 0 aliphatic rings. The van der Waals surface area contributed by atoms with Crippen molar-refractivity contribution in [2.75, 3.05) is 13.4 Å². The Kier molecular flexibility index (Phi) is 3.74. The zero-order chi connectivity index (χ0) is 9.84. The summed E-state index contributed by atoms with van der Waals surface area (Å²) in [5.74, 6) is -0.382.